The number of benzene rings is 2. The van der Waals surface area contributed by atoms with Crippen LogP contribution < -0.4 is 0 Å². The molecule has 2 aromatic carbocycles. The van der Waals surface area contributed by atoms with Crippen LogP contribution in [0, 0.1) is 5.92 Å². The lowest BCUT2D eigenvalue weighted by molar-refractivity contribution is 0.0915. The molecule has 0 amide bonds. The van der Waals surface area contributed by atoms with Gasteiger partial charge in [-0.1, -0.05) is 52.3 Å². The van der Waals surface area contributed by atoms with Crippen LogP contribution in [0.25, 0.3) is 0 Å². The minimum atomic E-state index is 0.125. The van der Waals surface area contributed by atoms with Gasteiger partial charge in [0.2, 0.25) is 0 Å². The fourth-order valence-corrected chi connectivity index (χ4v) is 3.23. The van der Waals surface area contributed by atoms with E-state index in [4.69, 9.17) is 0 Å². The highest BCUT2D eigenvalue weighted by atomic mass is 79.9. The average Bonchev–Trinajstić information content (AvgIpc) is 2.62. The summed E-state index contributed by atoms with van der Waals surface area (Å²) >= 11 is 3.45. The number of rotatable bonds is 2. The standard InChI is InChI=1S/C18H17BrO/c19-16-10-8-13(9-11-16)12-15-6-3-5-14-4-1-2-7-17(14)18(15)20/h1-2,4,7-11,15H,3,5-6,12H2. The van der Waals surface area contributed by atoms with Crippen molar-refractivity contribution >= 4 is 21.7 Å². The topological polar surface area (TPSA) is 17.1 Å². The Labute approximate surface area is 128 Å². The Hall–Kier alpha value is -1.41. The molecule has 1 atom stereocenters. The van der Waals surface area contributed by atoms with Gasteiger partial charge in [0.05, 0.1) is 0 Å². The quantitative estimate of drug-likeness (QED) is 0.722. The van der Waals surface area contributed by atoms with E-state index in [9.17, 15) is 4.79 Å². The summed E-state index contributed by atoms with van der Waals surface area (Å²) in [6.07, 6.45) is 3.97. The Bertz CT molecular complexity index is 616. The summed E-state index contributed by atoms with van der Waals surface area (Å²) in [4.78, 5) is 12.7. The van der Waals surface area contributed by atoms with Crippen LogP contribution in [0.4, 0.5) is 0 Å². The molecule has 102 valence electrons. The SMILES string of the molecule is O=C1c2ccccc2CCCC1Cc1ccc(Br)cc1. The molecule has 0 saturated heterocycles. The van der Waals surface area contributed by atoms with Crippen molar-refractivity contribution in [2.75, 3.05) is 0 Å². The second kappa shape index (κ2) is 5.92. The van der Waals surface area contributed by atoms with E-state index < -0.39 is 0 Å². The zero-order chi connectivity index (χ0) is 13.9. The van der Waals surface area contributed by atoms with E-state index in [0.29, 0.717) is 5.78 Å². The lowest BCUT2D eigenvalue weighted by Gasteiger charge is -2.13. The Morgan fingerprint density at radius 3 is 2.60 bits per heavy atom. The van der Waals surface area contributed by atoms with Gasteiger partial charge in [0.25, 0.3) is 0 Å². The van der Waals surface area contributed by atoms with Gasteiger partial charge in [-0.15, -0.1) is 0 Å². The zero-order valence-corrected chi connectivity index (χ0v) is 12.9. The first kappa shape index (κ1) is 13.6. The number of hydrogen-bond acceptors (Lipinski definition) is 1. The Balaban J connectivity index is 1.84. The number of carbonyl (C=O) groups is 1. The van der Waals surface area contributed by atoms with Gasteiger partial charge in [-0.3, -0.25) is 4.79 Å². The van der Waals surface area contributed by atoms with Crippen LogP contribution in [-0.2, 0) is 12.8 Å². The van der Waals surface area contributed by atoms with Crippen LogP contribution in [0.5, 0.6) is 0 Å². The minimum Gasteiger partial charge on any atom is -0.294 e. The third-order valence-corrected chi connectivity index (χ3v) is 4.58. The molecular weight excluding hydrogens is 312 g/mol. The molecule has 1 unspecified atom stereocenters. The van der Waals surface area contributed by atoms with E-state index in [1.165, 1.54) is 11.1 Å². The number of fused-ring (bicyclic) bond motifs is 1. The van der Waals surface area contributed by atoms with Gasteiger partial charge in [0, 0.05) is 16.0 Å². The van der Waals surface area contributed by atoms with Crippen molar-refractivity contribution in [1.82, 2.24) is 0 Å². The number of carbonyl (C=O) groups excluding carboxylic acids is 1. The first-order chi connectivity index (χ1) is 9.74. The normalized spacial score (nSPS) is 18.4. The Kier molecular flexibility index (Phi) is 4.02. The monoisotopic (exact) mass is 328 g/mol. The number of Topliss-reactive ketones (excluding diaryl/α,β-unsaturated/α-hetero) is 1. The van der Waals surface area contributed by atoms with Crippen molar-refractivity contribution < 1.29 is 4.79 Å². The molecule has 1 aliphatic carbocycles. The average molecular weight is 329 g/mol. The molecule has 2 heteroatoms. The molecule has 0 saturated carbocycles. The van der Waals surface area contributed by atoms with Gasteiger partial charge in [0.1, 0.15) is 0 Å². The molecule has 0 bridgehead atoms. The summed E-state index contributed by atoms with van der Waals surface area (Å²) in [6, 6.07) is 16.4. The lowest BCUT2D eigenvalue weighted by atomic mass is 9.89. The fraction of sp³-hybridized carbons (Fsp3) is 0.278. The van der Waals surface area contributed by atoms with Crippen molar-refractivity contribution in [3.05, 3.63) is 69.7 Å². The third kappa shape index (κ3) is 2.85. The lowest BCUT2D eigenvalue weighted by Crippen LogP contribution is -2.16. The molecule has 0 spiro atoms. The summed E-state index contributed by atoms with van der Waals surface area (Å²) in [6.45, 7) is 0. The predicted molar refractivity (Wildman–Crippen MR) is 85.0 cm³/mol. The van der Waals surface area contributed by atoms with Crippen LogP contribution in [0.15, 0.2) is 53.0 Å². The van der Waals surface area contributed by atoms with Crippen molar-refractivity contribution in [2.24, 2.45) is 5.92 Å². The van der Waals surface area contributed by atoms with E-state index in [1.54, 1.807) is 0 Å². The minimum absolute atomic E-state index is 0.125. The molecule has 2 aromatic rings. The summed E-state index contributed by atoms with van der Waals surface area (Å²) < 4.78 is 1.08. The first-order valence-electron chi connectivity index (χ1n) is 7.10. The second-order valence-corrected chi connectivity index (χ2v) is 6.36. The van der Waals surface area contributed by atoms with Crippen LogP contribution in [0.3, 0.4) is 0 Å². The molecule has 1 aliphatic rings. The van der Waals surface area contributed by atoms with E-state index >= 15 is 0 Å². The third-order valence-electron chi connectivity index (χ3n) is 4.05. The molecule has 0 radical (unpaired) electrons. The zero-order valence-electron chi connectivity index (χ0n) is 11.3. The largest absolute Gasteiger partial charge is 0.294 e. The van der Waals surface area contributed by atoms with E-state index in [0.717, 1.165) is 35.7 Å². The van der Waals surface area contributed by atoms with Gasteiger partial charge in [-0.25, -0.2) is 0 Å². The van der Waals surface area contributed by atoms with Crippen molar-refractivity contribution in [2.45, 2.75) is 25.7 Å². The van der Waals surface area contributed by atoms with E-state index in [1.807, 2.05) is 30.3 Å². The van der Waals surface area contributed by atoms with Crippen molar-refractivity contribution in [3.63, 3.8) is 0 Å². The number of aryl methyl sites for hydroxylation is 1. The van der Waals surface area contributed by atoms with Gasteiger partial charge in [-0.2, -0.15) is 0 Å². The van der Waals surface area contributed by atoms with Crippen LogP contribution in [-0.4, -0.2) is 5.78 Å². The number of ketones is 1. The predicted octanol–water partition coefficient (Wildman–Crippen LogP) is 4.83. The molecular formula is C18H17BrO. The first-order valence-corrected chi connectivity index (χ1v) is 7.90. The molecule has 1 nitrogen and oxygen atoms in total. The van der Waals surface area contributed by atoms with Crippen LogP contribution in [0.1, 0.15) is 34.3 Å². The maximum atomic E-state index is 12.7. The number of hydrogen-bond donors (Lipinski definition) is 0. The maximum Gasteiger partial charge on any atom is 0.166 e. The summed E-state index contributed by atoms with van der Waals surface area (Å²) in [5.74, 6) is 0.445. The van der Waals surface area contributed by atoms with Gasteiger partial charge < -0.3 is 0 Å². The molecule has 0 fully saturated rings. The molecule has 0 N–H and O–H groups in total. The fourth-order valence-electron chi connectivity index (χ4n) is 2.97. The highest BCUT2D eigenvalue weighted by molar-refractivity contribution is 9.10. The molecule has 20 heavy (non-hydrogen) atoms. The highest BCUT2D eigenvalue weighted by Gasteiger charge is 2.25. The van der Waals surface area contributed by atoms with Crippen LogP contribution >= 0.6 is 15.9 Å². The molecule has 0 aliphatic heterocycles. The van der Waals surface area contributed by atoms with Gasteiger partial charge in [0.15, 0.2) is 5.78 Å². The summed E-state index contributed by atoms with van der Waals surface area (Å²) in [5.41, 5.74) is 3.40. The molecule has 0 heterocycles. The highest BCUT2D eigenvalue weighted by Crippen LogP contribution is 2.27. The maximum absolute atomic E-state index is 12.7. The second-order valence-electron chi connectivity index (χ2n) is 5.44. The summed E-state index contributed by atoms with van der Waals surface area (Å²) in [5, 5.41) is 0. The molecule has 0 aromatic heterocycles. The van der Waals surface area contributed by atoms with E-state index in [-0.39, 0.29) is 5.92 Å². The number of halogens is 1. The smallest absolute Gasteiger partial charge is 0.166 e. The van der Waals surface area contributed by atoms with Gasteiger partial charge >= 0.3 is 0 Å². The summed E-state index contributed by atoms with van der Waals surface area (Å²) in [7, 11) is 0. The van der Waals surface area contributed by atoms with Crippen LogP contribution in [0.2, 0.25) is 0 Å². The van der Waals surface area contributed by atoms with Gasteiger partial charge in [-0.05, 0) is 48.9 Å². The van der Waals surface area contributed by atoms with Crippen molar-refractivity contribution in [3.8, 4) is 0 Å². The Morgan fingerprint density at radius 2 is 1.80 bits per heavy atom. The van der Waals surface area contributed by atoms with E-state index in [2.05, 4.69) is 34.1 Å². The Morgan fingerprint density at radius 1 is 1.05 bits per heavy atom. The van der Waals surface area contributed by atoms with Crippen molar-refractivity contribution in [1.29, 1.82) is 0 Å². The molecule has 3 rings (SSSR count).